The van der Waals surface area contributed by atoms with Crippen LogP contribution in [0.1, 0.15) is 20.8 Å². The first-order valence-corrected chi connectivity index (χ1v) is 10.6. The molecule has 28 heavy (non-hydrogen) atoms. The minimum absolute atomic E-state index is 0.131. The molecule has 0 unspecified atom stereocenters. The summed E-state index contributed by atoms with van der Waals surface area (Å²) in [5.41, 5.74) is 3.32. The molecule has 1 saturated heterocycles. The van der Waals surface area contributed by atoms with Crippen LogP contribution in [0, 0.1) is 18.6 Å². The molecule has 0 atom stereocenters. The van der Waals surface area contributed by atoms with E-state index in [0.717, 1.165) is 42.3 Å². The number of amides is 1. The molecule has 1 aliphatic heterocycles. The second-order valence-electron chi connectivity index (χ2n) is 7.07. The zero-order valence-electron chi connectivity index (χ0n) is 16.0. The molecule has 1 aliphatic rings. The van der Waals surface area contributed by atoms with Gasteiger partial charge in [0.25, 0.3) is 5.91 Å². The number of nitrogens with zero attached hydrogens (tertiary/aromatic N) is 5. The molecule has 1 aromatic carbocycles. The van der Waals surface area contributed by atoms with Gasteiger partial charge in [0.05, 0.1) is 36.7 Å². The van der Waals surface area contributed by atoms with Crippen molar-refractivity contribution in [1.82, 2.24) is 24.7 Å². The van der Waals surface area contributed by atoms with Crippen molar-refractivity contribution >= 4 is 29.5 Å². The molecule has 4 rings (SSSR count). The van der Waals surface area contributed by atoms with Crippen LogP contribution >= 0.6 is 23.6 Å². The Balaban J connectivity index is 1.42. The third kappa shape index (κ3) is 3.65. The number of nitrogens with one attached hydrogen (secondary N) is 1. The largest absolute Gasteiger partial charge is 0.327 e. The van der Waals surface area contributed by atoms with Crippen LogP contribution in [0.15, 0.2) is 35.7 Å². The van der Waals surface area contributed by atoms with Crippen LogP contribution in [-0.2, 0) is 6.67 Å². The summed E-state index contributed by atoms with van der Waals surface area (Å²) in [6, 6.07) is 9.90. The minimum Gasteiger partial charge on any atom is -0.327 e. The quantitative estimate of drug-likeness (QED) is 0.656. The molecular weight excluding hydrogens is 392 g/mol. The van der Waals surface area contributed by atoms with Crippen LogP contribution in [-0.4, -0.2) is 56.8 Å². The van der Waals surface area contributed by atoms with E-state index in [1.807, 2.05) is 34.5 Å². The Hall–Kier alpha value is -2.36. The van der Waals surface area contributed by atoms with Gasteiger partial charge in [-0.2, -0.15) is 9.36 Å². The first-order valence-electron chi connectivity index (χ1n) is 9.30. The number of quaternary nitrogens is 1. The van der Waals surface area contributed by atoms with E-state index in [1.54, 1.807) is 9.36 Å². The smallest absolute Gasteiger partial charge is 0.264 e. The molecule has 1 N–H and O–H groups in total. The molecule has 3 heterocycles. The van der Waals surface area contributed by atoms with Crippen LogP contribution in [0.2, 0.25) is 0 Å². The Morgan fingerprint density at radius 1 is 1.18 bits per heavy atom. The SMILES string of the molecule is Cc1cccc(-n2nnn(C[NH+]3CCN(C(=O)c4cccs4)CC3)c2=S)c1C. The van der Waals surface area contributed by atoms with Crippen molar-refractivity contribution in [2.24, 2.45) is 0 Å². The Labute approximate surface area is 172 Å². The number of carbonyl (C=O) groups is 1. The normalized spacial score (nSPS) is 15.1. The second kappa shape index (κ2) is 7.94. The summed E-state index contributed by atoms with van der Waals surface area (Å²) >= 11 is 7.12. The summed E-state index contributed by atoms with van der Waals surface area (Å²) in [6.07, 6.45) is 0. The molecule has 9 heteroatoms. The van der Waals surface area contributed by atoms with Crippen molar-refractivity contribution in [1.29, 1.82) is 0 Å². The van der Waals surface area contributed by atoms with E-state index in [-0.39, 0.29) is 5.91 Å². The summed E-state index contributed by atoms with van der Waals surface area (Å²) < 4.78 is 4.11. The Kier molecular flexibility index (Phi) is 5.38. The summed E-state index contributed by atoms with van der Waals surface area (Å²) in [6.45, 7) is 8.03. The average Bonchev–Trinajstić information content (AvgIpc) is 3.35. The van der Waals surface area contributed by atoms with Gasteiger partial charge in [0.15, 0.2) is 6.67 Å². The second-order valence-corrected chi connectivity index (χ2v) is 8.38. The van der Waals surface area contributed by atoms with E-state index in [2.05, 4.69) is 30.3 Å². The predicted molar refractivity (Wildman–Crippen MR) is 111 cm³/mol. The van der Waals surface area contributed by atoms with Crippen LogP contribution in [0.5, 0.6) is 0 Å². The van der Waals surface area contributed by atoms with Crippen molar-refractivity contribution in [2.75, 3.05) is 26.2 Å². The Bertz CT molecular complexity index is 1030. The standard InChI is InChI=1S/C19H22N6OS2/c1-14-5-3-6-16(15(14)2)25-19(27)24(20-21-25)13-22-8-10-23(11-9-22)18(26)17-7-4-12-28-17/h3-7,12H,8-11,13H2,1-2H3/p+1. The number of thiophene rings is 1. The number of hydrogen-bond acceptors (Lipinski definition) is 5. The molecule has 7 nitrogen and oxygen atoms in total. The number of aryl methyl sites for hydroxylation is 1. The molecule has 1 fully saturated rings. The Morgan fingerprint density at radius 2 is 1.96 bits per heavy atom. The fourth-order valence-corrected chi connectivity index (χ4v) is 4.37. The van der Waals surface area contributed by atoms with Gasteiger partial charge >= 0.3 is 0 Å². The highest BCUT2D eigenvalue weighted by molar-refractivity contribution is 7.71. The summed E-state index contributed by atoms with van der Waals surface area (Å²) in [5, 5.41) is 10.5. The molecular formula is C19H23N6OS2+. The summed E-state index contributed by atoms with van der Waals surface area (Å²) in [5.74, 6) is 0.131. The van der Waals surface area contributed by atoms with Gasteiger partial charge in [0.1, 0.15) is 0 Å². The van der Waals surface area contributed by atoms with Crippen LogP contribution in [0.4, 0.5) is 0 Å². The monoisotopic (exact) mass is 415 g/mol. The summed E-state index contributed by atoms with van der Waals surface area (Å²) in [4.78, 5) is 16.6. The average molecular weight is 416 g/mol. The maximum Gasteiger partial charge on any atom is 0.264 e. The zero-order valence-corrected chi connectivity index (χ0v) is 17.6. The maximum absolute atomic E-state index is 12.5. The highest BCUT2D eigenvalue weighted by Gasteiger charge is 2.25. The lowest BCUT2D eigenvalue weighted by Gasteiger charge is -2.31. The number of rotatable bonds is 4. The van der Waals surface area contributed by atoms with Crippen molar-refractivity contribution < 1.29 is 9.69 Å². The number of piperazine rings is 1. The molecule has 0 aliphatic carbocycles. The van der Waals surface area contributed by atoms with Crippen molar-refractivity contribution in [3.05, 3.63) is 56.5 Å². The molecule has 2 aromatic heterocycles. The predicted octanol–water partition coefficient (Wildman–Crippen LogP) is 1.48. The lowest BCUT2D eigenvalue weighted by atomic mass is 10.1. The highest BCUT2D eigenvalue weighted by atomic mass is 32.1. The number of aromatic nitrogens is 4. The third-order valence-corrected chi connectivity index (χ3v) is 6.55. The van der Waals surface area contributed by atoms with Crippen molar-refractivity contribution in [2.45, 2.75) is 20.5 Å². The zero-order chi connectivity index (χ0) is 19.7. The number of tetrazole rings is 1. The van der Waals surface area contributed by atoms with E-state index in [0.29, 0.717) is 11.4 Å². The van der Waals surface area contributed by atoms with Crippen LogP contribution in [0.25, 0.3) is 5.69 Å². The van der Waals surface area contributed by atoms with Gasteiger partial charge in [0.2, 0.25) is 4.77 Å². The molecule has 3 aromatic rings. The van der Waals surface area contributed by atoms with Gasteiger partial charge in [-0.25, -0.2) is 0 Å². The van der Waals surface area contributed by atoms with E-state index in [1.165, 1.54) is 21.8 Å². The summed E-state index contributed by atoms with van der Waals surface area (Å²) in [7, 11) is 0. The molecule has 146 valence electrons. The topological polar surface area (TPSA) is 60.4 Å². The minimum atomic E-state index is 0.131. The molecule has 0 bridgehead atoms. The highest BCUT2D eigenvalue weighted by Crippen LogP contribution is 2.16. The van der Waals surface area contributed by atoms with E-state index >= 15 is 0 Å². The lowest BCUT2D eigenvalue weighted by Crippen LogP contribution is -3.14. The molecule has 1 amide bonds. The van der Waals surface area contributed by atoms with Gasteiger partial charge < -0.3 is 9.80 Å². The molecule has 0 spiro atoms. The van der Waals surface area contributed by atoms with Gasteiger partial charge in [0, 0.05) is 0 Å². The fourth-order valence-electron chi connectivity index (χ4n) is 3.44. The van der Waals surface area contributed by atoms with Gasteiger partial charge in [-0.1, -0.05) is 18.2 Å². The third-order valence-electron chi connectivity index (χ3n) is 5.31. The van der Waals surface area contributed by atoms with Crippen LogP contribution < -0.4 is 4.90 Å². The van der Waals surface area contributed by atoms with Crippen LogP contribution in [0.3, 0.4) is 0 Å². The van der Waals surface area contributed by atoms with Gasteiger partial charge in [-0.05, 0) is 65.1 Å². The van der Waals surface area contributed by atoms with E-state index < -0.39 is 0 Å². The molecule has 0 radical (unpaired) electrons. The lowest BCUT2D eigenvalue weighted by molar-refractivity contribution is -0.927. The maximum atomic E-state index is 12.5. The van der Waals surface area contributed by atoms with E-state index in [4.69, 9.17) is 12.2 Å². The van der Waals surface area contributed by atoms with Crippen molar-refractivity contribution in [3.8, 4) is 5.69 Å². The number of benzene rings is 1. The first-order chi connectivity index (χ1) is 13.5. The molecule has 0 saturated carbocycles. The first kappa shape index (κ1) is 19.0. The van der Waals surface area contributed by atoms with Gasteiger partial charge in [-0.3, -0.25) is 4.79 Å². The Morgan fingerprint density at radius 3 is 2.68 bits per heavy atom. The van der Waals surface area contributed by atoms with Gasteiger partial charge in [-0.15, -0.1) is 11.3 Å². The van der Waals surface area contributed by atoms with E-state index in [9.17, 15) is 4.79 Å². The van der Waals surface area contributed by atoms with Crippen molar-refractivity contribution in [3.63, 3.8) is 0 Å². The number of carbonyl (C=O) groups excluding carboxylic acids is 1. The number of hydrogen-bond donors (Lipinski definition) is 1. The fraction of sp³-hybridized carbons (Fsp3) is 0.368.